The van der Waals surface area contributed by atoms with Crippen LogP contribution in [-0.4, -0.2) is 29.9 Å². The smallest absolute Gasteiger partial charge is 0.164 e. The summed E-state index contributed by atoms with van der Waals surface area (Å²) in [6.45, 7) is 0. The van der Waals surface area contributed by atoms with E-state index in [4.69, 9.17) is 29.3 Å². The molecule has 7 heteroatoms. The van der Waals surface area contributed by atoms with E-state index in [9.17, 15) is 0 Å². The maximum atomic E-state index is 6.47. The summed E-state index contributed by atoms with van der Waals surface area (Å²) >= 11 is 0. The lowest BCUT2D eigenvalue weighted by molar-refractivity contribution is 0.669. The highest BCUT2D eigenvalue weighted by atomic mass is 16.3. The molecular formula is C56H34N6O. The molecule has 0 atom stereocenters. The molecule has 0 aliphatic rings. The number of nitrogens with zero attached hydrogens (tertiary/aromatic N) is 6. The second-order valence-corrected chi connectivity index (χ2v) is 15.5. The Bertz CT molecular complexity index is 3650. The normalized spacial score (nSPS) is 11.5. The Labute approximate surface area is 362 Å². The summed E-state index contributed by atoms with van der Waals surface area (Å²) in [5, 5.41) is 5.13. The number of hydrogen-bond donors (Lipinski definition) is 0. The van der Waals surface area contributed by atoms with Gasteiger partial charge in [0.25, 0.3) is 0 Å². The van der Waals surface area contributed by atoms with Crippen LogP contribution in [0.2, 0.25) is 0 Å². The summed E-state index contributed by atoms with van der Waals surface area (Å²) in [4.78, 5) is 30.1. The molecule has 0 bridgehead atoms. The molecular weight excluding hydrogens is 773 g/mol. The number of fused-ring (bicyclic) bond motifs is 5. The quantitative estimate of drug-likeness (QED) is 0.158. The monoisotopic (exact) mass is 806 g/mol. The SMILES string of the molecule is c1ccc(-c2ccc(-c3ccc(-c4nc(-c5ccc(-c6nc(-c7ccccc7)c7cccnc7n6)cc5)nc(-c5cccc6oc7cc8ccccc8cc7c56)n4)cc3)cc2)cc1. The van der Waals surface area contributed by atoms with Crippen molar-refractivity contribution in [3.63, 3.8) is 0 Å². The first kappa shape index (κ1) is 36.2. The highest BCUT2D eigenvalue weighted by molar-refractivity contribution is 6.15. The average Bonchev–Trinajstić information content (AvgIpc) is 3.73. The summed E-state index contributed by atoms with van der Waals surface area (Å²) in [6.07, 6.45) is 1.76. The molecule has 8 aromatic carbocycles. The maximum Gasteiger partial charge on any atom is 0.164 e. The van der Waals surface area contributed by atoms with Crippen molar-refractivity contribution >= 4 is 43.7 Å². The van der Waals surface area contributed by atoms with Gasteiger partial charge in [-0.25, -0.2) is 29.9 Å². The second-order valence-electron chi connectivity index (χ2n) is 15.5. The zero-order valence-corrected chi connectivity index (χ0v) is 33.7. The molecule has 0 N–H and O–H groups in total. The minimum absolute atomic E-state index is 0.545. The molecule has 12 aromatic rings. The molecule has 0 unspecified atom stereocenters. The second kappa shape index (κ2) is 15.1. The highest BCUT2D eigenvalue weighted by Gasteiger charge is 2.19. The number of rotatable bonds is 7. The molecule has 0 spiro atoms. The van der Waals surface area contributed by atoms with E-state index in [1.807, 2.05) is 78.9 Å². The van der Waals surface area contributed by atoms with Crippen LogP contribution in [0.15, 0.2) is 211 Å². The zero-order valence-electron chi connectivity index (χ0n) is 33.7. The predicted octanol–water partition coefficient (Wildman–Crippen LogP) is 13.9. The minimum atomic E-state index is 0.545. The summed E-state index contributed by atoms with van der Waals surface area (Å²) in [7, 11) is 0. The maximum absolute atomic E-state index is 6.47. The Kier molecular flexibility index (Phi) is 8.67. The molecule has 0 aliphatic heterocycles. The molecule has 4 heterocycles. The lowest BCUT2D eigenvalue weighted by atomic mass is 9.99. The van der Waals surface area contributed by atoms with Gasteiger partial charge >= 0.3 is 0 Å². The van der Waals surface area contributed by atoms with Crippen LogP contribution in [0.4, 0.5) is 0 Å². The van der Waals surface area contributed by atoms with E-state index in [-0.39, 0.29) is 0 Å². The number of furan rings is 1. The van der Waals surface area contributed by atoms with Crippen molar-refractivity contribution in [1.82, 2.24) is 29.9 Å². The zero-order chi connectivity index (χ0) is 41.7. The molecule has 294 valence electrons. The Balaban J connectivity index is 0.969. The molecule has 0 fully saturated rings. The van der Waals surface area contributed by atoms with Gasteiger partial charge in [-0.1, -0.05) is 170 Å². The van der Waals surface area contributed by atoms with Gasteiger partial charge < -0.3 is 4.42 Å². The van der Waals surface area contributed by atoms with Crippen molar-refractivity contribution in [3.8, 4) is 79.1 Å². The summed E-state index contributed by atoms with van der Waals surface area (Å²) in [5.41, 5.74) is 12.1. The van der Waals surface area contributed by atoms with Gasteiger partial charge in [0.15, 0.2) is 28.9 Å². The van der Waals surface area contributed by atoms with Crippen LogP contribution in [0.3, 0.4) is 0 Å². The minimum Gasteiger partial charge on any atom is -0.456 e. The number of aromatic nitrogens is 6. The third kappa shape index (κ3) is 6.65. The van der Waals surface area contributed by atoms with E-state index in [1.54, 1.807) is 6.20 Å². The lowest BCUT2D eigenvalue weighted by Crippen LogP contribution is -2.01. The Morgan fingerprint density at radius 3 is 1.44 bits per heavy atom. The van der Waals surface area contributed by atoms with Gasteiger partial charge in [-0.3, -0.25) is 0 Å². The number of benzene rings is 8. The van der Waals surface area contributed by atoms with E-state index < -0.39 is 0 Å². The van der Waals surface area contributed by atoms with Crippen molar-refractivity contribution in [1.29, 1.82) is 0 Å². The fourth-order valence-corrected chi connectivity index (χ4v) is 8.43. The fourth-order valence-electron chi connectivity index (χ4n) is 8.43. The van der Waals surface area contributed by atoms with E-state index in [0.29, 0.717) is 28.9 Å². The predicted molar refractivity (Wildman–Crippen MR) is 254 cm³/mol. The molecule has 0 radical (unpaired) electrons. The van der Waals surface area contributed by atoms with Crippen LogP contribution in [0.25, 0.3) is 123 Å². The van der Waals surface area contributed by atoms with E-state index >= 15 is 0 Å². The topological polar surface area (TPSA) is 90.5 Å². The van der Waals surface area contributed by atoms with Gasteiger partial charge in [0.1, 0.15) is 11.2 Å². The summed E-state index contributed by atoms with van der Waals surface area (Å²) in [5.74, 6) is 2.25. The Morgan fingerprint density at radius 2 is 0.825 bits per heavy atom. The molecule has 7 nitrogen and oxygen atoms in total. The molecule has 0 saturated heterocycles. The largest absolute Gasteiger partial charge is 0.456 e. The van der Waals surface area contributed by atoms with Crippen LogP contribution in [0.1, 0.15) is 0 Å². The summed E-state index contributed by atoms with van der Waals surface area (Å²) in [6, 6.07) is 68.4. The van der Waals surface area contributed by atoms with Crippen molar-refractivity contribution < 1.29 is 4.42 Å². The van der Waals surface area contributed by atoms with Crippen molar-refractivity contribution in [2.45, 2.75) is 0 Å². The van der Waals surface area contributed by atoms with Gasteiger partial charge in [-0.15, -0.1) is 0 Å². The third-order valence-corrected chi connectivity index (χ3v) is 11.6. The Hall–Kier alpha value is -8.68. The lowest BCUT2D eigenvalue weighted by Gasteiger charge is -2.11. The molecule has 4 aromatic heterocycles. The molecule has 63 heavy (non-hydrogen) atoms. The molecule has 0 amide bonds. The van der Waals surface area contributed by atoms with Gasteiger partial charge in [-0.2, -0.15) is 0 Å². The van der Waals surface area contributed by atoms with Crippen LogP contribution >= 0.6 is 0 Å². The summed E-state index contributed by atoms with van der Waals surface area (Å²) < 4.78 is 6.47. The standard InChI is InChI=1S/C56H34N6O/c1-3-11-35(12-4-1)36-20-22-37(23-21-36)38-24-26-41(27-25-38)53-59-54(62-56(61-53)45-17-9-19-48-50(45)47-33-43-15-7-8-16-44(43)34-49(47)63-48)42-30-28-40(29-31-42)52-58-51(39-13-5-2-6-14-39)46-18-10-32-57-55(46)60-52/h1-34H. The van der Waals surface area contributed by atoms with E-state index in [0.717, 1.165) is 82.7 Å². The molecule has 0 saturated carbocycles. The fraction of sp³-hybridized carbons (Fsp3) is 0. The van der Waals surface area contributed by atoms with E-state index in [2.05, 4.69) is 126 Å². The number of hydrogen-bond acceptors (Lipinski definition) is 7. The van der Waals surface area contributed by atoms with Crippen LogP contribution < -0.4 is 0 Å². The first-order valence-electron chi connectivity index (χ1n) is 20.8. The third-order valence-electron chi connectivity index (χ3n) is 11.6. The van der Waals surface area contributed by atoms with Gasteiger partial charge in [0.2, 0.25) is 0 Å². The van der Waals surface area contributed by atoms with E-state index in [1.165, 1.54) is 11.1 Å². The van der Waals surface area contributed by atoms with Gasteiger partial charge in [-0.05, 0) is 63.4 Å². The van der Waals surface area contributed by atoms with Crippen molar-refractivity contribution in [3.05, 3.63) is 206 Å². The first-order chi connectivity index (χ1) is 31.2. The molecule has 0 aliphatic carbocycles. The highest BCUT2D eigenvalue weighted by Crippen LogP contribution is 2.39. The van der Waals surface area contributed by atoms with Gasteiger partial charge in [0.05, 0.1) is 5.69 Å². The van der Waals surface area contributed by atoms with Crippen LogP contribution in [0, 0.1) is 0 Å². The van der Waals surface area contributed by atoms with Crippen molar-refractivity contribution in [2.24, 2.45) is 0 Å². The van der Waals surface area contributed by atoms with Crippen molar-refractivity contribution in [2.75, 3.05) is 0 Å². The van der Waals surface area contributed by atoms with Gasteiger partial charge in [0, 0.05) is 50.2 Å². The van der Waals surface area contributed by atoms with Crippen LogP contribution in [-0.2, 0) is 0 Å². The Morgan fingerprint density at radius 1 is 0.317 bits per heavy atom. The first-order valence-corrected chi connectivity index (χ1v) is 20.8. The average molecular weight is 807 g/mol. The molecule has 12 rings (SSSR count). The number of pyridine rings is 1. The van der Waals surface area contributed by atoms with Crippen LogP contribution in [0.5, 0.6) is 0 Å².